The second-order valence-corrected chi connectivity index (χ2v) is 9.37. The van der Waals surface area contributed by atoms with Crippen molar-refractivity contribution < 1.29 is 38.0 Å². The molecule has 2 aliphatic rings. The second kappa shape index (κ2) is 12.3. The Morgan fingerprint density at radius 3 is 2.00 bits per heavy atom. The smallest absolute Gasteiger partial charge is 0.336 e. The molecule has 2 aromatic carbocycles. The molecule has 1 aliphatic heterocycles. The third-order valence-corrected chi connectivity index (χ3v) is 7.19. The highest BCUT2D eigenvalue weighted by Crippen LogP contribution is 2.47. The minimum Gasteiger partial charge on any atom is -0.493 e. The summed E-state index contributed by atoms with van der Waals surface area (Å²) in [6, 6.07) is 11.2. The highest BCUT2D eigenvalue weighted by molar-refractivity contribution is 6.04. The number of nitrogens with one attached hydrogen (secondary N) is 1. The van der Waals surface area contributed by atoms with E-state index in [0.29, 0.717) is 46.3 Å². The van der Waals surface area contributed by atoms with Crippen molar-refractivity contribution in [3.05, 3.63) is 70.1 Å². The number of ketones is 1. The molecule has 0 radical (unpaired) electrons. The van der Waals surface area contributed by atoms with Crippen LogP contribution in [0.1, 0.15) is 42.7 Å². The molecular formula is C30H35NO8. The zero-order valence-electron chi connectivity index (χ0n) is 23.2. The lowest BCUT2D eigenvalue weighted by Gasteiger charge is -2.37. The number of esters is 1. The third kappa shape index (κ3) is 5.59. The summed E-state index contributed by atoms with van der Waals surface area (Å²) in [4.78, 5) is 27.2. The molecular weight excluding hydrogens is 502 g/mol. The van der Waals surface area contributed by atoms with Crippen molar-refractivity contribution in [2.45, 2.75) is 31.6 Å². The molecule has 0 amide bonds. The molecule has 9 heteroatoms. The topological polar surface area (TPSA) is 102 Å². The molecule has 0 bridgehead atoms. The number of allylic oxidation sites excluding steroid dienone is 3. The van der Waals surface area contributed by atoms with Crippen molar-refractivity contribution in [1.82, 2.24) is 5.32 Å². The molecule has 208 valence electrons. The molecule has 0 saturated heterocycles. The van der Waals surface area contributed by atoms with Crippen LogP contribution in [0.3, 0.4) is 0 Å². The highest BCUT2D eigenvalue weighted by Gasteiger charge is 2.41. The Balaban J connectivity index is 1.78. The van der Waals surface area contributed by atoms with Gasteiger partial charge in [-0.25, -0.2) is 4.79 Å². The van der Waals surface area contributed by atoms with Crippen LogP contribution in [0.15, 0.2) is 58.9 Å². The van der Waals surface area contributed by atoms with Gasteiger partial charge < -0.3 is 33.7 Å². The maximum atomic E-state index is 13.9. The van der Waals surface area contributed by atoms with E-state index >= 15 is 0 Å². The average molecular weight is 538 g/mol. The number of ether oxygens (including phenoxy) is 6. The average Bonchev–Trinajstić information content (AvgIpc) is 2.95. The van der Waals surface area contributed by atoms with Crippen molar-refractivity contribution >= 4 is 11.8 Å². The van der Waals surface area contributed by atoms with Crippen LogP contribution in [0.2, 0.25) is 0 Å². The Bertz CT molecular complexity index is 1310. The quantitative estimate of drug-likeness (QED) is 0.352. The first kappa shape index (κ1) is 28.0. The number of Topliss-reactive ketones (excluding diaryl/α,β-unsaturated/α-hetero) is 1. The van der Waals surface area contributed by atoms with Crippen molar-refractivity contribution in [2.24, 2.45) is 0 Å². The summed E-state index contributed by atoms with van der Waals surface area (Å²) in [5.74, 6) is 1.05. The van der Waals surface area contributed by atoms with Crippen LogP contribution in [0.4, 0.5) is 0 Å². The molecule has 1 N–H and O–H groups in total. The molecule has 0 spiro atoms. The van der Waals surface area contributed by atoms with E-state index in [1.54, 1.807) is 41.6 Å². The van der Waals surface area contributed by atoms with E-state index in [2.05, 4.69) is 5.32 Å². The molecule has 0 fully saturated rings. The minimum atomic E-state index is -0.630. The van der Waals surface area contributed by atoms with Gasteiger partial charge in [-0.2, -0.15) is 0 Å². The van der Waals surface area contributed by atoms with Gasteiger partial charge in [0, 0.05) is 36.4 Å². The zero-order chi connectivity index (χ0) is 28.1. The Hall–Kier alpha value is -3.98. The number of methoxy groups -OCH3 is 5. The van der Waals surface area contributed by atoms with Gasteiger partial charge in [-0.1, -0.05) is 12.1 Å². The van der Waals surface area contributed by atoms with E-state index in [1.165, 1.54) is 0 Å². The summed E-state index contributed by atoms with van der Waals surface area (Å²) in [5.41, 5.74) is 4.08. The van der Waals surface area contributed by atoms with Crippen molar-refractivity contribution in [3.63, 3.8) is 0 Å². The fourth-order valence-electron chi connectivity index (χ4n) is 5.31. The molecule has 4 rings (SSSR count). The minimum absolute atomic E-state index is 0.0435. The Kier molecular flexibility index (Phi) is 8.81. The van der Waals surface area contributed by atoms with Gasteiger partial charge in [0.2, 0.25) is 0 Å². The Labute approximate surface area is 228 Å². The number of dihydropyridines is 1. The molecule has 1 aliphatic carbocycles. The van der Waals surface area contributed by atoms with Gasteiger partial charge in [-0.05, 0) is 54.7 Å². The molecule has 2 unspecified atom stereocenters. The SMILES string of the molecule is COCCOC(=O)C1=C(C)NC2=C(C(=O)CC(c3ccc(OC)c(OC)c3)C2)C1c1ccc(OC)c(OC)c1. The molecule has 1 heterocycles. The largest absolute Gasteiger partial charge is 0.493 e. The van der Waals surface area contributed by atoms with E-state index < -0.39 is 11.9 Å². The van der Waals surface area contributed by atoms with Crippen LogP contribution in [0, 0.1) is 0 Å². The second-order valence-electron chi connectivity index (χ2n) is 9.37. The van der Waals surface area contributed by atoms with Crippen molar-refractivity contribution in [1.29, 1.82) is 0 Å². The third-order valence-electron chi connectivity index (χ3n) is 7.19. The lowest BCUT2D eigenvalue weighted by atomic mass is 9.71. The molecule has 9 nitrogen and oxygen atoms in total. The number of hydrogen-bond acceptors (Lipinski definition) is 9. The molecule has 2 atom stereocenters. The summed E-state index contributed by atoms with van der Waals surface area (Å²) < 4.78 is 32.4. The van der Waals surface area contributed by atoms with Crippen LogP contribution in [0.5, 0.6) is 23.0 Å². The predicted molar refractivity (Wildman–Crippen MR) is 145 cm³/mol. The fraction of sp³-hybridized carbons (Fsp3) is 0.400. The number of hydrogen-bond donors (Lipinski definition) is 1. The molecule has 2 aromatic rings. The Morgan fingerprint density at radius 1 is 0.821 bits per heavy atom. The van der Waals surface area contributed by atoms with Crippen LogP contribution < -0.4 is 24.3 Å². The maximum absolute atomic E-state index is 13.9. The standard InChI is InChI=1S/C30H35NO8/c1-17-27(30(33)39-12-11-34-2)28(19-8-10-24(36-4)26(16-19)38-6)29-21(31-17)13-20(14-22(29)32)18-7-9-23(35-3)25(15-18)37-5/h7-10,15-16,20,28,31H,11-14H2,1-6H3. The van der Waals surface area contributed by atoms with E-state index in [4.69, 9.17) is 28.4 Å². The number of carbonyl (C=O) groups excluding carboxylic acids is 2. The van der Waals surface area contributed by atoms with E-state index in [1.807, 2.05) is 37.3 Å². The molecule has 0 aromatic heterocycles. The van der Waals surface area contributed by atoms with Gasteiger partial charge in [-0.15, -0.1) is 0 Å². The molecule has 0 saturated carbocycles. The molecule has 39 heavy (non-hydrogen) atoms. The van der Waals surface area contributed by atoms with Gasteiger partial charge in [0.05, 0.1) is 40.6 Å². The van der Waals surface area contributed by atoms with E-state index in [-0.39, 0.29) is 31.3 Å². The highest BCUT2D eigenvalue weighted by atomic mass is 16.6. The van der Waals surface area contributed by atoms with Crippen molar-refractivity contribution in [2.75, 3.05) is 48.8 Å². The van der Waals surface area contributed by atoms with Gasteiger partial charge in [0.15, 0.2) is 28.8 Å². The van der Waals surface area contributed by atoms with Gasteiger partial charge in [0.1, 0.15) is 6.61 Å². The van der Waals surface area contributed by atoms with Crippen LogP contribution in [-0.4, -0.2) is 60.5 Å². The lowest BCUT2D eigenvalue weighted by Crippen LogP contribution is -2.36. The van der Waals surface area contributed by atoms with Crippen LogP contribution in [-0.2, 0) is 19.1 Å². The number of benzene rings is 2. The monoisotopic (exact) mass is 537 g/mol. The summed E-state index contributed by atoms with van der Waals surface area (Å²) in [6.07, 6.45) is 0.870. The summed E-state index contributed by atoms with van der Waals surface area (Å²) in [7, 11) is 7.83. The Morgan fingerprint density at radius 2 is 1.41 bits per heavy atom. The lowest BCUT2D eigenvalue weighted by molar-refractivity contribution is -0.140. The van der Waals surface area contributed by atoms with Crippen molar-refractivity contribution in [3.8, 4) is 23.0 Å². The maximum Gasteiger partial charge on any atom is 0.336 e. The van der Waals surface area contributed by atoms with Gasteiger partial charge in [0.25, 0.3) is 0 Å². The first-order valence-corrected chi connectivity index (χ1v) is 12.7. The van der Waals surface area contributed by atoms with Crippen LogP contribution in [0.25, 0.3) is 0 Å². The van der Waals surface area contributed by atoms with Crippen LogP contribution >= 0.6 is 0 Å². The zero-order valence-corrected chi connectivity index (χ0v) is 23.2. The number of rotatable bonds is 10. The number of carbonyl (C=O) groups is 2. The fourth-order valence-corrected chi connectivity index (χ4v) is 5.31. The summed E-state index contributed by atoms with van der Waals surface area (Å²) in [6.45, 7) is 2.20. The summed E-state index contributed by atoms with van der Waals surface area (Å²) >= 11 is 0. The normalized spacial score (nSPS) is 18.8. The van der Waals surface area contributed by atoms with E-state index in [9.17, 15) is 9.59 Å². The first-order valence-electron chi connectivity index (χ1n) is 12.7. The van der Waals surface area contributed by atoms with Gasteiger partial charge >= 0.3 is 5.97 Å². The predicted octanol–water partition coefficient (Wildman–Crippen LogP) is 4.27. The van der Waals surface area contributed by atoms with Gasteiger partial charge in [-0.3, -0.25) is 4.79 Å². The van der Waals surface area contributed by atoms with E-state index in [0.717, 1.165) is 16.8 Å². The first-order chi connectivity index (χ1) is 18.9. The summed E-state index contributed by atoms with van der Waals surface area (Å²) in [5, 5.41) is 3.37.